The summed E-state index contributed by atoms with van der Waals surface area (Å²) >= 11 is 6.76. The lowest BCUT2D eigenvalue weighted by molar-refractivity contribution is 0.186. The van der Waals surface area contributed by atoms with Crippen molar-refractivity contribution >= 4 is 33.9 Å². The summed E-state index contributed by atoms with van der Waals surface area (Å²) in [7, 11) is 1.66. The van der Waals surface area contributed by atoms with Gasteiger partial charge in [0.25, 0.3) is 0 Å². The first-order valence-electron chi connectivity index (χ1n) is 12.1. The van der Waals surface area contributed by atoms with Crippen LogP contribution in [0.15, 0.2) is 78.9 Å². The lowest BCUT2D eigenvalue weighted by Gasteiger charge is -2.24. The molecule has 2 atom stereocenters. The van der Waals surface area contributed by atoms with Crippen LogP contribution >= 0.6 is 11.6 Å². The van der Waals surface area contributed by atoms with Gasteiger partial charge in [-0.15, -0.1) is 0 Å². The summed E-state index contributed by atoms with van der Waals surface area (Å²) in [5, 5.41) is 18.3. The molecule has 192 valence electrons. The van der Waals surface area contributed by atoms with Gasteiger partial charge in [0.15, 0.2) is 0 Å². The third-order valence-corrected chi connectivity index (χ3v) is 6.67. The number of ether oxygens (including phenoxy) is 1. The van der Waals surface area contributed by atoms with E-state index in [0.29, 0.717) is 28.4 Å². The zero-order valence-corrected chi connectivity index (χ0v) is 21.7. The van der Waals surface area contributed by atoms with Gasteiger partial charge in [-0.05, 0) is 30.7 Å². The number of rotatable bonds is 9. The summed E-state index contributed by atoms with van der Waals surface area (Å²) in [6.45, 7) is 2.38. The number of hydrogen-bond donors (Lipinski definition) is 5. The van der Waals surface area contributed by atoms with Gasteiger partial charge < -0.3 is 26.2 Å². The van der Waals surface area contributed by atoms with E-state index in [1.165, 1.54) is 0 Å². The first kappa shape index (κ1) is 25.3. The third kappa shape index (κ3) is 5.19. The molecule has 2 aromatic heterocycles. The molecule has 3 heterocycles. The smallest absolute Gasteiger partial charge is 0.103 e. The highest BCUT2D eigenvalue weighted by Crippen LogP contribution is 2.37. The van der Waals surface area contributed by atoms with Crippen LogP contribution in [-0.4, -0.2) is 23.7 Å². The van der Waals surface area contributed by atoms with Gasteiger partial charge in [0.1, 0.15) is 6.07 Å². The standard InChI is InChI=1S/C28H27ClN8O/c1-17-21(9-6-10-31-17)28(24-15-33-37-36-24)34-20-11-22-26(19(13-30)14-32-27(22)23(29)12-20)35-25(16-38-2)18-7-4-3-5-8-18/h3-12,14-15,25,28,33-34,36-37H,16H2,1-2H3,(H,32,35)/t25-,28+/m1/s1. The van der Waals surface area contributed by atoms with Crippen molar-refractivity contribution < 1.29 is 4.74 Å². The number of aryl methyl sites for hydroxylation is 1. The number of halogens is 1. The molecule has 10 heteroatoms. The van der Waals surface area contributed by atoms with Gasteiger partial charge in [0.2, 0.25) is 0 Å². The highest BCUT2D eigenvalue weighted by molar-refractivity contribution is 6.35. The molecule has 0 spiro atoms. The Balaban J connectivity index is 1.60. The molecular formula is C28H27ClN8O. The molecule has 5 N–H and O–H groups in total. The number of aromatic nitrogens is 2. The third-order valence-electron chi connectivity index (χ3n) is 6.39. The van der Waals surface area contributed by atoms with Crippen molar-refractivity contribution in [1.82, 2.24) is 26.4 Å². The Bertz CT molecular complexity index is 1520. The fraction of sp³-hybridized carbons (Fsp3) is 0.179. The predicted molar refractivity (Wildman–Crippen MR) is 149 cm³/mol. The topological polar surface area (TPSA) is 119 Å². The normalized spacial score (nSPS) is 14.1. The fourth-order valence-electron chi connectivity index (χ4n) is 4.54. The molecule has 1 aliphatic rings. The molecule has 2 aromatic carbocycles. The van der Waals surface area contributed by atoms with Crippen molar-refractivity contribution in [3.8, 4) is 6.07 Å². The van der Waals surface area contributed by atoms with E-state index in [1.807, 2.05) is 67.7 Å². The number of nitriles is 1. The van der Waals surface area contributed by atoms with E-state index < -0.39 is 0 Å². The summed E-state index contributed by atoms with van der Waals surface area (Å²) in [5.41, 5.74) is 15.2. The Kier molecular flexibility index (Phi) is 7.56. The van der Waals surface area contributed by atoms with E-state index in [1.54, 1.807) is 19.5 Å². The van der Waals surface area contributed by atoms with E-state index in [4.69, 9.17) is 16.3 Å². The van der Waals surface area contributed by atoms with Crippen molar-refractivity contribution in [2.24, 2.45) is 0 Å². The molecule has 0 amide bonds. The van der Waals surface area contributed by atoms with E-state index >= 15 is 0 Å². The van der Waals surface area contributed by atoms with Crippen LogP contribution in [0, 0.1) is 18.3 Å². The molecule has 9 nitrogen and oxygen atoms in total. The maximum absolute atomic E-state index is 9.95. The molecule has 4 aromatic rings. The van der Waals surface area contributed by atoms with Crippen LogP contribution in [0.5, 0.6) is 0 Å². The zero-order valence-electron chi connectivity index (χ0n) is 20.9. The minimum Gasteiger partial charge on any atom is -0.382 e. The molecule has 0 saturated heterocycles. The van der Waals surface area contributed by atoms with Gasteiger partial charge in [-0.25, -0.2) is 0 Å². The van der Waals surface area contributed by atoms with Gasteiger partial charge in [0.05, 0.1) is 46.2 Å². The Morgan fingerprint density at radius 2 is 1.95 bits per heavy atom. The quantitative estimate of drug-likeness (QED) is 0.208. The average molecular weight is 527 g/mol. The Morgan fingerprint density at radius 1 is 1.11 bits per heavy atom. The molecule has 0 fully saturated rings. The maximum Gasteiger partial charge on any atom is 0.103 e. The maximum atomic E-state index is 9.95. The first-order valence-corrected chi connectivity index (χ1v) is 12.4. The van der Waals surface area contributed by atoms with E-state index in [9.17, 15) is 5.26 Å². The number of anilines is 2. The Morgan fingerprint density at radius 3 is 2.66 bits per heavy atom. The van der Waals surface area contributed by atoms with Crippen LogP contribution in [0.2, 0.25) is 5.02 Å². The van der Waals surface area contributed by atoms with E-state index in [-0.39, 0.29) is 12.1 Å². The highest BCUT2D eigenvalue weighted by atomic mass is 35.5. The second-order valence-corrected chi connectivity index (χ2v) is 9.23. The first-order chi connectivity index (χ1) is 18.6. The number of hydrogen-bond acceptors (Lipinski definition) is 9. The SMILES string of the molecule is COC[C@@H](Nc1c(C#N)cnc2c(Cl)cc(N[C@H](C3=CNNN3)c3cccnc3C)cc12)c1ccccc1. The van der Waals surface area contributed by atoms with Crippen molar-refractivity contribution in [2.75, 3.05) is 24.4 Å². The molecule has 0 radical (unpaired) electrons. The largest absolute Gasteiger partial charge is 0.382 e. The summed E-state index contributed by atoms with van der Waals surface area (Å²) in [6.07, 6.45) is 5.17. The Hall–Kier alpha value is -4.36. The van der Waals surface area contributed by atoms with Gasteiger partial charge in [0, 0.05) is 48.0 Å². The van der Waals surface area contributed by atoms with Gasteiger partial charge in [-0.3, -0.25) is 9.97 Å². The zero-order chi connectivity index (χ0) is 26.5. The molecule has 0 bridgehead atoms. The number of pyridine rings is 2. The van der Waals surface area contributed by atoms with Crippen LogP contribution < -0.4 is 27.0 Å². The van der Waals surface area contributed by atoms with Crippen molar-refractivity contribution in [1.29, 1.82) is 5.26 Å². The van der Waals surface area contributed by atoms with Gasteiger partial charge >= 0.3 is 0 Å². The van der Waals surface area contributed by atoms with Crippen LogP contribution in [0.25, 0.3) is 10.9 Å². The number of nitrogens with zero attached hydrogens (tertiary/aromatic N) is 3. The summed E-state index contributed by atoms with van der Waals surface area (Å²) in [6, 6.07) is 19.5. The van der Waals surface area contributed by atoms with Crippen LogP contribution in [0.3, 0.4) is 0 Å². The van der Waals surface area contributed by atoms with Crippen molar-refractivity contribution in [2.45, 2.75) is 19.0 Å². The second-order valence-electron chi connectivity index (χ2n) is 8.83. The monoisotopic (exact) mass is 526 g/mol. The lowest BCUT2D eigenvalue weighted by Crippen LogP contribution is -2.34. The van der Waals surface area contributed by atoms with Crippen molar-refractivity contribution in [3.63, 3.8) is 0 Å². The highest BCUT2D eigenvalue weighted by Gasteiger charge is 2.23. The second kappa shape index (κ2) is 11.4. The number of fused-ring (bicyclic) bond motifs is 1. The van der Waals surface area contributed by atoms with Gasteiger partial charge in [-0.1, -0.05) is 48.0 Å². The minimum absolute atomic E-state index is 0.190. The summed E-state index contributed by atoms with van der Waals surface area (Å²) in [4.78, 5) is 8.97. The predicted octanol–water partition coefficient (Wildman–Crippen LogP) is 4.87. The van der Waals surface area contributed by atoms with Crippen LogP contribution in [-0.2, 0) is 4.74 Å². The minimum atomic E-state index is -0.256. The average Bonchev–Trinajstić information content (AvgIpc) is 3.47. The van der Waals surface area contributed by atoms with E-state index in [0.717, 1.165) is 33.6 Å². The number of benzene rings is 2. The number of hydrazine groups is 2. The van der Waals surface area contributed by atoms with Gasteiger partial charge in [-0.2, -0.15) is 10.8 Å². The molecule has 0 saturated carbocycles. The van der Waals surface area contributed by atoms with E-state index in [2.05, 4.69) is 43.1 Å². The number of methoxy groups -OCH3 is 1. The number of nitrogens with one attached hydrogen (secondary N) is 5. The lowest BCUT2D eigenvalue weighted by atomic mass is 10.0. The molecule has 1 aliphatic heterocycles. The molecule has 0 aliphatic carbocycles. The molecular weight excluding hydrogens is 500 g/mol. The fourth-order valence-corrected chi connectivity index (χ4v) is 4.80. The van der Waals surface area contributed by atoms with Crippen LogP contribution in [0.4, 0.5) is 11.4 Å². The molecule has 0 unspecified atom stereocenters. The summed E-state index contributed by atoms with van der Waals surface area (Å²) < 4.78 is 5.50. The van der Waals surface area contributed by atoms with Crippen LogP contribution in [0.1, 0.15) is 34.5 Å². The Labute approximate surface area is 225 Å². The molecule has 5 rings (SSSR count). The molecule has 38 heavy (non-hydrogen) atoms. The van der Waals surface area contributed by atoms with Crippen molar-refractivity contribution in [3.05, 3.63) is 106 Å². The summed E-state index contributed by atoms with van der Waals surface area (Å²) in [5.74, 6) is 0.